The molecule has 1 aliphatic carbocycles. The van der Waals surface area contributed by atoms with Crippen molar-refractivity contribution in [2.75, 3.05) is 0 Å². The molecule has 0 aliphatic heterocycles. The Morgan fingerprint density at radius 1 is 1.34 bits per heavy atom. The van der Waals surface area contributed by atoms with E-state index in [1.807, 2.05) is 5.38 Å². The highest BCUT2D eigenvalue weighted by Crippen LogP contribution is 2.34. The largest absolute Gasteiger partial charge is 0.449 e. The molecule has 0 spiro atoms. The first-order chi connectivity index (χ1) is 13.9. The molecular formula is C20H19N3O5S. The predicted octanol–water partition coefficient (Wildman–Crippen LogP) is 4.75. The monoisotopic (exact) mass is 413 g/mol. The molecule has 0 bridgehead atoms. The minimum absolute atomic E-state index is 0.0238. The molecule has 2 unspecified atom stereocenters. The molecule has 4 rings (SSSR count). The Hall–Kier alpha value is -3.07. The van der Waals surface area contributed by atoms with Crippen LogP contribution in [-0.2, 0) is 17.6 Å². The molecule has 1 aliphatic rings. The zero-order valence-electron chi connectivity index (χ0n) is 16.0. The molecule has 0 radical (unpaired) electrons. The van der Waals surface area contributed by atoms with Gasteiger partial charge in [0.15, 0.2) is 6.10 Å². The van der Waals surface area contributed by atoms with Crippen LogP contribution in [-0.4, -0.2) is 21.1 Å². The van der Waals surface area contributed by atoms with Crippen LogP contribution in [0.3, 0.4) is 0 Å². The van der Waals surface area contributed by atoms with Crippen LogP contribution in [0.1, 0.15) is 53.1 Å². The van der Waals surface area contributed by atoms with Gasteiger partial charge in [-0.05, 0) is 49.8 Å². The third kappa shape index (κ3) is 3.91. The van der Waals surface area contributed by atoms with Crippen molar-refractivity contribution in [1.82, 2.24) is 10.2 Å². The van der Waals surface area contributed by atoms with Gasteiger partial charge in [0, 0.05) is 28.0 Å². The fraction of sp³-hybridized carbons (Fsp3) is 0.350. The van der Waals surface area contributed by atoms with E-state index in [0.717, 1.165) is 24.8 Å². The highest BCUT2D eigenvalue weighted by molar-refractivity contribution is 7.10. The van der Waals surface area contributed by atoms with Crippen molar-refractivity contribution in [3.8, 4) is 11.5 Å². The number of carbonyl (C=O) groups excluding carboxylic acids is 1. The van der Waals surface area contributed by atoms with Crippen LogP contribution in [0.4, 0.5) is 5.69 Å². The summed E-state index contributed by atoms with van der Waals surface area (Å²) < 4.78 is 11.2. The lowest BCUT2D eigenvalue weighted by atomic mass is 9.88. The van der Waals surface area contributed by atoms with Crippen LogP contribution in [0, 0.1) is 16.0 Å². The number of ether oxygens (including phenoxy) is 1. The molecule has 2 aromatic heterocycles. The highest BCUT2D eigenvalue weighted by Gasteiger charge is 2.26. The molecule has 29 heavy (non-hydrogen) atoms. The minimum atomic E-state index is -0.708. The maximum absolute atomic E-state index is 12.7. The number of nitro benzene ring substituents is 1. The second-order valence-corrected chi connectivity index (χ2v) is 8.16. The van der Waals surface area contributed by atoms with Gasteiger partial charge in [-0.2, -0.15) is 0 Å². The van der Waals surface area contributed by atoms with Crippen molar-refractivity contribution in [2.45, 2.75) is 39.2 Å². The summed E-state index contributed by atoms with van der Waals surface area (Å²) in [7, 11) is 0. The van der Waals surface area contributed by atoms with Gasteiger partial charge in [0.25, 0.3) is 11.6 Å². The van der Waals surface area contributed by atoms with Gasteiger partial charge in [-0.1, -0.05) is 6.92 Å². The van der Waals surface area contributed by atoms with Crippen LogP contribution in [0.25, 0.3) is 11.5 Å². The molecule has 3 aromatic rings. The van der Waals surface area contributed by atoms with Crippen molar-refractivity contribution in [1.29, 1.82) is 0 Å². The molecule has 2 heterocycles. The normalized spacial score (nSPS) is 16.8. The van der Waals surface area contributed by atoms with Gasteiger partial charge < -0.3 is 9.15 Å². The van der Waals surface area contributed by atoms with Gasteiger partial charge in [0.1, 0.15) is 0 Å². The van der Waals surface area contributed by atoms with Gasteiger partial charge in [0.2, 0.25) is 5.89 Å². The number of thiophene rings is 1. The van der Waals surface area contributed by atoms with Gasteiger partial charge in [-0.3, -0.25) is 10.1 Å². The van der Waals surface area contributed by atoms with E-state index in [2.05, 4.69) is 17.1 Å². The number of non-ortho nitro benzene ring substituents is 1. The maximum atomic E-state index is 12.7. The molecule has 0 saturated carbocycles. The van der Waals surface area contributed by atoms with E-state index < -0.39 is 11.0 Å². The SMILES string of the molecule is CC1CCc2c(C(=O)OC(C)c3nnc(-c4ccc([N+](=O)[O-])cc4)o3)csc2C1. The number of hydrogen-bond acceptors (Lipinski definition) is 8. The van der Waals surface area contributed by atoms with E-state index in [1.165, 1.54) is 29.1 Å². The summed E-state index contributed by atoms with van der Waals surface area (Å²) in [6, 6.07) is 5.79. The summed E-state index contributed by atoms with van der Waals surface area (Å²) in [5, 5.41) is 20.5. The van der Waals surface area contributed by atoms with Crippen molar-refractivity contribution in [3.05, 3.63) is 61.7 Å². The first kappa shape index (κ1) is 19.3. The first-order valence-corrected chi connectivity index (χ1v) is 10.2. The van der Waals surface area contributed by atoms with Crippen molar-refractivity contribution in [3.63, 3.8) is 0 Å². The summed E-state index contributed by atoms with van der Waals surface area (Å²) in [6.07, 6.45) is 2.26. The number of carbonyl (C=O) groups is 1. The summed E-state index contributed by atoms with van der Waals surface area (Å²) in [6.45, 7) is 3.90. The molecule has 2 atom stereocenters. The van der Waals surface area contributed by atoms with Gasteiger partial charge in [0.05, 0.1) is 10.5 Å². The summed E-state index contributed by atoms with van der Waals surface area (Å²) >= 11 is 1.61. The Labute approximate surface area is 170 Å². The first-order valence-electron chi connectivity index (χ1n) is 9.31. The molecule has 0 saturated heterocycles. The average Bonchev–Trinajstić information content (AvgIpc) is 3.35. The Balaban J connectivity index is 1.46. The fourth-order valence-corrected chi connectivity index (χ4v) is 4.60. The van der Waals surface area contributed by atoms with Crippen molar-refractivity contribution in [2.24, 2.45) is 5.92 Å². The smallest absolute Gasteiger partial charge is 0.340 e. The number of rotatable bonds is 5. The van der Waals surface area contributed by atoms with Gasteiger partial charge in [-0.15, -0.1) is 21.5 Å². The number of hydrogen-bond donors (Lipinski definition) is 0. The summed E-state index contributed by atoms with van der Waals surface area (Å²) in [5.41, 5.74) is 2.25. The van der Waals surface area contributed by atoms with E-state index in [-0.39, 0.29) is 23.4 Å². The Bertz CT molecular complexity index is 1060. The molecule has 0 amide bonds. The maximum Gasteiger partial charge on any atom is 0.340 e. The predicted molar refractivity (Wildman–Crippen MR) is 106 cm³/mol. The van der Waals surface area contributed by atoms with Crippen molar-refractivity contribution < 1.29 is 18.9 Å². The third-order valence-corrected chi connectivity index (χ3v) is 6.07. The molecule has 0 fully saturated rings. The highest BCUT2D eigenvalue weighted by atomic mass is 32.1. The Morgan fingerprint density at radius 2 is 2.10 bits per heavy atom. The molecule has 1 aromatic carbocycles. The van der Waals surface area contributed by atoms with E-state index in [9.17, 15) is 14.9 Å². The van der Waals surface area contributed by atoms with E-state index in [1.54, 1.807) is 18.3 Å². The van der Waals surface area contributed by atoms with E-state index in [0.29, 0.717) is 17.0 Å². The molecule has 150 valence electrons. The molecular weight excluding hydrogens is 394 g/mol. The number of benzene rings is 1. The Kier molecular flexibility index (Phi) is 5.14. The van der Waals surface area contributed by atoms with Gasteiger partial charge in [-0.25, -0.2) is 4.79 Å². The third-order valence-electron chi connectivity index (χ3n) is 5.02. The lowest BCUT2D eigenvalue weighted by Crippen LogP contribution is -2.14. The van der Waals surface area contributed by atoms with Crippen LogP contribution in [0.2, 0.25) is 0 Å². The van der Waals surface area contributed by atoms with Crippen LogP contribution >= 0.6 is 11.3 Å². The molecule has 9 heteroatoms. The molecule has 0 N–H and O–H groups in total. The number of esters is 1. The lowest BCUT2D eigenvalue weighted by Gasteiger charge is -2.19. The average molecular weight is 413 g/mol. The zero-order valence-corrected chi connectivity index (χ0v) is 16.8. The standard InChI is InChI=1S/C20H19N3O5S/c1-11-3-8-15-16(10-29-17(15)9-11)20(24)27-12(2)18-21-22-19(28-18)13-4-6-14(7-5-13)23(25)26/h4-7,10-12H,3,8-9H2,1-2H3. The van der Waals surface area contributed by atoms with E-state index in [4.69, 9.17) is 9.15 Å². The van der Waals surface area contributed by atoms with E-state index >= 15 is 0 Å². The lowest BCUT2D eigenvalue weighted by molar-refractivity contribution is -0.384. The fourth-order valence-electron chi connectivity index (χ4n) is 3.36. The minimum Gasteiger partial charge on any atom is -0.449 e. The quantitative estimate of drug-likeness (QED) is 0.337. The van der Waals surface area contributed by atoms with Gasteiger partial charge >= 0.3 is 5.97 Å². The van der Waals surface area contributed by atoms with Crippen LogP contribution < -0.4 is 0 Å². The second kappa shape index (κ2) is 7.75. The number of fused-ring (bicyclic) bond motifs is 1. The number of aromatic nitrogens is 2. The summed E-state index contributed by atoms with van der Waals surface area (Å²) in [4.78, 5) is 24.2. The second-order valence-electron chi connectivity index (χ2n) is 7.20. The number of nitrogens with zero attached hydrogens (tertiary/aromatic N) is 3. The van der Waals surface area contributed by atoms with Crippen LogP contribution in [0.15, 0.2) is 34.1 Å². The Morgan fingerprint density at radius 3 is 2.83 bits per heavy atom. The summed E-state index contributed by atoms with van der Waals surface area (Å²) in [5.74, 6) is 0.629. The molecule has 8 nitrogen and oxygen atoms in total. The van der Waals surface area contributed by atoms with Crippen molar-refractivity contribution >= 4 is 23.0 Å². The number of nitro groups is 1. The zero-order chi connectivity index (χ0) is 20.5. The topological polar surface area (TPSA) is 108 Å². The van der Waals surface area contributed by atoms with Crippen LogP contribution in [0.5, 0.6) is 0 Å².